The molecule has 2 nitrogen and oxygen atoms in total. The van der Waals surface area contributed by atoms with Gasteiger partial charge in [0.2, 0.25) is 0 Å². The minimum Gasteiger partial charge on any atom is -0.455 e. The van der Waals surface area contributed by atoms with Gasteiger partial charge in [0.05, 0.1) is 0 Å². The number of furan rings is 1. The molecule has 2 heteroatoms. The fourth-order valence-corrected chi connectivity index (χ4v) is 7.62. The second-order valence-corrected chi connectivity index (χ2v) is 12.9. The van der Waals surface area contributed by atoms with Crippen LogP contribution in [0, 0.1) is 0 Å². The molecule has 1 aromatic heterocycles. The Bertz CT molecular complexity index is 2870. The summed E-state index contributed by atoms with van der Waals surface area (Å²) < 4.78 is 6.51. The molecule has 10 rings (SSSR count). The maximum absolute atomic E-state index is 6.51. The molecule has 0 aliphatic rings. The minimum absolute atomic E-state index is 0.907. The van der Waals surface area contributed by atoms with E-state index in [9.17, 15) is 0 Å². The van der Waals surface area contributed by atoms with Crippen LogP contribution in [0.5, 0.6) is 0 Å². The SMILES string of the molecule is c1ccc(-c2ccc(N(c3cccc(-c4cc5ccccc5c5ccccc45)c3)c3ccc4ccc5c6ccccc6oc5c4c3)cc2)cc1. The summed E-state index contributed by atoms with van der Waals surface area (Å²) >= 11 is 0. The number of fused-ring (bicyclic) bond motifs is 8. The average molecular weight is 638 g/mol. The lowest BCUT2D eigenvalue weighted by atomic mass is 9.93. The van der Waals surface area contributed by atoms with E-state index in [0.29, 0.717) is 0 Å². The highest BCUT2D eigenvalue weighted by atomic mass is 16.3. The van der Waals surface area contributed by atoms with Gasteiger partial charge in [0.1, 0.15) is 11.2 Å². The number of hydrogen-bond donors (Lipinski definition) is 0. The molecule has 0 bridgehead atoms. The molecule has 0 aliphatic heterocycles. The first-order valence-corrected chi connectivity index (χ1v) is 17.1. The van der Waals surface area contributed by atoms with Crippen LogP contribution in [0.3, 0.4) is 0 Å². The molecule has 0 saturated carbocycles. The third-order valence-electron chi connectivity index (χ3n) is 10.0. The van der Waals surface area contributed by atoms with Crippen LogP contribution in [0.4, 0.5) is 17.1 Å². The maximum Gasteiger partial charge on any atom is 0.143 e. The molecular weight excluding hydrogens is 607 g/mol. The van der Waals surface area contributed by atoms with Crippen molar-refractivity contribution in [1.82, 2.24) is 0 Å². The van der Waals surface area contributed by atoms with Gasteiger partial charge < -0.3 is 9.32 Å². The van der Waals surface area contributed by atoms with E-state index >= 15 is 0 Å². The van der Waals surface area contributed by atoms with Gasteiger partial charge in [-0.2, -0.15) is 0 Å². The van der Waals surface area contributed by atoms with Gasteiger partial charge in [-0.3, -0.25) is 0 Å². The highest BCUT2D eigenvalue weighted by molar-refractivity contribution is 6.16. The van der Waals surface area contributed by atoms with Crippen molar-refractivity contribution in [3.05, 3.63) is 188 Å². The summed E-state index contributed by atoms with van der Waals surface area (Å²) in [4.78, 5) is 2.36. The molecule has 9 aromatic carbocycles. The van der Waals surface area contributed by atoms with E-state index in [2.05, 4.69) is 181 Å². The Hall–Kier alpha value is -6.64. The molecule has 0 radical (unpaired) electrons. The molecule has 0 N–H and O–H groups in total. The fourth-order valence-electron chi connectivity index (χ4n) is 7.62. The molecule has 1 heterocycles. The third-order valence-corrected chi connectivity index (χ3v) is 10.0. The summed E-state index contributed by atoms with van der Waals surface area (Å²) in [5, 5.41) is 9.55. The number of hydrogen-bond acceptors (Lipinski definition) is 2. The van der Waals surface area contributed by atoms with Crippen LogP contribution in [0.25, 0.3) is 76.5 Å². The summed E-state index contributed by atoms with van der Waals surface area (Å²) in [6, 6.07) is 67.6. The Morgan fingerprint density at radius 1 is 0.320 bits per heavy atom. The monoisotopic (exact) mass is 637 g/mol. The first kappa shape index (κ1) is 28.4. The Morgan fingerprint density at radius 2 is 0.960 bits per heavy atom. The largest absolute Gasteiger partial charge is 0.455 e. The zero-order chi connectivity index (χ0) is 33.0. The number of anilines is 3. The lowest BCUT2D eigenvalue weighted by Crippen LogP contribution is -2.10. The Morgan fingerprint density at radius 3 is 1.82 bits per heavy atom. The smallest absolute Gasteiger partial charge is 0.143 e. The van der Waals surface area contributed by atoms with Crippen LogP contribution in [-0.2, 0) is 0 Å². The topological polar surface area (TPSA) is 16.4 Å². The van der Waals surface area contributed by atoms with E-state index in [0.717, 1.165) is 49.8 Å². The van der Waals surface area contributed by atoms with E-state index in [1.54, 1.807) is 0 Å². The van der Waals surface area contributed by atoms with Gasteiger partial charge in [0.15, 0.2) is 0 Å². The third kappa shape index (κ3) is 4.65. The first-order valence-electron chi connectivity index (χ1n) is 17.1. The Labute approximate surface area is 290 Å². The summed E-state index contributed by atoms with van der Waals surface area (Å²) in [5.74, 6) is 0. The van der Waals surface area contributed by atoms with E-state index in [1.807, 2.05) is 12.1 Å². The van der Waals surface area contributed by atoms with E-state index in [4.69, 9.17) is 4.42 Å². The molecule has 0 atom stereocenters. The zero-order valence-electron chi connectivity index (χ0n) is 27.3. The van der Waals surface area contributed by atoms with Gasteiger partial charge in [-0.15, -0.1) is 0 Å². The Balaban J connectivity index is 1.18. The summed E-state index contributed by atoms with van der Waals surface area (Å²) in [7, 11) is 0. The summed E-state index contributed by atoms with van der Waals surface area (Å²) in [6.45, 7) is 0. The lowest BCUT2D eigenvalue weighted by Gasteiger charge is -2.27. The van der Waals surface area contributed by atoms with Gasteiger partial charge in [-0.05, 0) is 104 Å². The lowest BCUT2D eigenvalue weighted by molar-refractivity contribution is 0.672. The van der Waals surface area contributed by atoms with Crippen LogP contribution in [0.15, 0.2) is 192 Å². The molecule has 0 amide bonds. The molecule has 0 saturated heterocycles. The van der Waals surface area contributed by atoms with E-state index < -0.39 is 0 Å². The van der Waals surface area contributed by atoms with Crippen LogP contribution < -0.4 is 4.90 Å². The van der Waals surface area contributed by atoms with Crippen molar-refractivity contribution < 1.29 is 4.42 Å². The first-order chi connectivity index (χ1) is 24.8. The van der Waals surface area contributed by atoms with Crippen molar-refractivity contribution in [2.75, 3.05) is 4.90 Å². The number of para-hydroxylation sites is 1. The standard InChI is InChI=1S/C48H31NO/c1-2-11-32(12-3-1)33-21-25-37(26-22-33)49(39-27-23-34-24-28-44-43-19-8-9-20-47(43)50-48(44)46(34)31-39)38-15-10-14-35(29-38)45-30-36-13-4-5-16-40(36)41-17-6-7-18-42(41)45/h1-31H. The van der Waals surface area contributed by atoms with Crippen molar-refractivity contribution in [1.29, 1.82) is 0 Å². The normalized spacial score (nSPS) is 11.6. The quantitative estimate of drug-likeness (QED) is 0.175. The van der Waals surface area contributed by atoms with Crippen molar-refractivity contribution >= 4 is 71.3 Å². The molecule has 10 aromatic rings. The number of rotatable bonds is 5. The molecule has 0 aliphatic carbocycles. The fraction of sp³-hybridized carbons (Fsp3) is 0. The second-order valence-electron chi connectivity index (χ2n) is 12.9. The predicted octanol–water partition coefficient (Wildman–Crippen LogP) is 13.8. The van der Waals surface area contributed by atoms with Gasteiger partial charge in [-0.1, -0.05) is 133 Å². The van der Waals surface area contributed by atoms with Crippen LogP contribution >= 0.6 is 0 Å². The van der Waals surface area contributed by atoms with Crippen molar-refractivity contribution in [2.24, 2.45) is 0 Å². The minimum atomic E-state index is 0.907. The average Bonchev–Trinajstić information content (AvgIpc) is 3.58. The highest BCUT2D eigenvalue weighted by Crippen LogP contribution is 2.42. The molecule has 50 heavy (non-hydrogen) atoms. The summed E-state index contributed by atoms with van der Waals surface area (Å²) in [5.41, 5.74) is 9.86. The highest BCUT2D eigenvalue weighted by Gasteiger charge is 2.18. The van der Waals surface area contributed by atoms with Gasteiger partial charge in [-0.25, -0.2) is 0 Å². The van der Waals surface area contributed by atoms with Gasteiger partial charge in [0, 0.05) is 33.2 Å². The predicted molar refractivity (Wildman–Crippen MR) is 212 cm³/mol. The maximum atomic E-state index is 6.51. The van der Waals surface area contributed by atoms with Crippen molar-refractivity contribution in [3.8, 4) is 22.3 Å². The van der Waals surface area contributed by atoms with Gasteiger partial charge >= 0.3 is 0 Å². The van der Waals surface area contributed by atoms with E-state index in [-0.39, 0.29) is 0 Å². The molecule has 234 valence electrons. The van der Waals surface area contributed by atoms with E-state index in [1.165, 1.54) is 43.8 Å². The zero-order valence-corrected chi connectivity index (χ0v) is 27.3. The molecule has 0 spiro atoms. The second kappa shape index (κ2) is 11.5. The molecule has 0 unspecified atom stereocenters. The Kier molecular flexibility index (Phi) is 6.53. The summed E-state index contributed by atoms with van der Waals surface area (Å²) in [6.07, 6.45) is 0. The van der Waals surface area contributed by atoms with Crippen molar-refractivity contribution in [3.63, 3.8) is 0 Å². The number of benzene rings is 9. The van der Waals surface area contributed by atoms with Crippen LogP contribution in [-0.4, -0.2) is 0 Å². The molecule has 0 fully saturated rings. The van der Waals surface area contributed by atoms with Crippen molar-refractivity contribution in [2.45, 2.75) is 0 Å². The van der Waals surface area contributed by atoms with Crippen LogP contribution in [0.1, 0.15) is 0 Å². The van der Waals surface area contributed by atoms with Gasteiger partial charge in [0.25, 0.3) is 0 Å². The number of nitrogens with zero attached hydrogens (tertiary/aromatic N) is 1. The van der Waals surface area contributed by atoms with Crippen LogP contribution in [0.2, 0.25) is 0 Å². The molecular formula is C48H31NO.